The molecular formula is C12H13ClO2. The molecule has 0 aliphatic heterocycles. The first kappa shape index (κ1) is 12.0. The number of carbonyl (C=O) groups is 1. The van der Waals surface area contributed by atoms with E-state index in [-0.39, 0.29) is 5.78 Å². The summed E-state index contributed by atoms with van der Waals surface area (Å²) in [5.41, 5.74) is -0.575. The number of hydrogen-bond donors (Lipinski definition) is 1. The van der Waals surface area contributed by atoms with Crippen molar-refractivity contribution in [3.63, 3.8) is 0 Å². The number of rotatable bonds is 3. The van der Waals surface area contributed by atoms with Gasteiger partial charge >= 0.3 is 0 Å². The lowest BCUT2D eigenvalue weighted by Gasteiger charge is -2.11. The van der Waals surface area contributed by atoms with Gasteiger partial charge in [0.05, 0.1) is 0 Å². The number of hydrogen-bond acceptors (Lipinski definition) is 2. The van der Waals surface area contributed by atoms with E-state index in [0.29, 0.717) is 5.02 Å². The van der Waals surface area contributed by atoms with Crippen LogP contribution in [-0.2, 0) is 4.79 Å². The van der Waals surface area contributed by atoms with Crippen LogP contribution in [0.4, 0.5) is 0 Å². The van der Waals surface area contributed by atoms with Crippen LogP contribution in [0.5, 0.6) is 0 Å². The molecule has 0 aliphatic rings. The maximum Gasteiger partial charge on any atom is 0.186 e. The summed E-state index contributed by atoms with van der Waals surface area (Å²) >= 11 is 5.90. The average Bonchev–Trinajstić information content (AvgIpc) is 2.14. The van der Waals surface area contributed by atoms with Crippen molar-refractivity contribution in [1.82, 2.24) is 0 Å². The molecule has 1 aromatic carbocycles. The molecule has 0 saturated heterocycles. The van der Waals surface area contributed by atoms with Gasteiger partial charge in [-0.05, 0) is 37.6 Å². The molecule has 0 unspecified atom stereocenters. The minimum Gasteiger partial charge on any atom is -0.382 e. The first-order valence-electron chi connectivity index (χ1n) is 4.60. The van der Waals surface area contributed by atoms with E-state index in [0.717, 1.165) is 5.56 Å². The van der Waals surface area contributed by atoms with Gasteiger partial charge in [-0.1, -0.05) is 29.8 Å². The first-order valence-corrected chi connectivity index (χ1v) is 4.98. The Morgan fingerprint density at radius 1 is 1.40 bits per heavy atom. The van der Waals surface area contributed by atoms with Crippen molar-refractivity contribution in [1.29, 1.82) is 0 Å². The Labute approximate surface area is 94.2 Å². The van der Waals surface area contributed by atoms with Gasteiger partial charge in [0.25, 0.3) is 0 Å². The second kappa shape index (κ2) is 4.60. The van der Waals surface area contributed by atoms with Crippen LogP contribution in [0.3, 0.4) is 0 Å². The van der Waals surface area contributed by atoms with Gasteiger partial charge in [0.15, 0.2) is 5.78 Å². The summed E-state index contributed by atoms with van der Waals surface area (Å²) in [5.74, 6) is -0.345. The third kappa shape index (κ3) is 3.50. The largest absolute Gasteiger partial charge is 0.382 e. The Kier molecular flexibility index (Phi) is 3.66. The minimum absolute atomic E-state index is 0.345. The van der Waals surface area contributed by atoms with Crippen LogP contribution in [0.1, 0.15) is 19.4 Å². The summed E-state index contributed by atoms with van der Waals surface area (Å²) in [6.07, 6.45) is 2.93. The zero-order valence-corrected chi connectivity index (χ0v) is 9.45. The van der Waals surface area contributed by atoms with Crippen LogP contribution < -0.4 is 0 Å². The lowest BCUT2D eigenvalue weighted by atomic mass is 10.0. The van der Waals surface area contributed by atoms with Crippen molar-refractivity contribution >= 4 is 23.5 Å². The molecule has 0 saturated carbocycles. The molecule has 0 spiro atoms. The quantitative estimate of drug-likeness (QED) is 0.802. The second-order valence-electron chi connectivity index (χ2n) is 3.78. The first-order chi connectivity index (χ1) is 6.91. The van der Waals surface area contributed by atoms with E-state index < -0.39 is 5.60 Å². The highest BCUT2D eigenvalue weighted by molar-refractivity contribution is 6.32. The van der Waals surface area contributed by atoms with Crippen LogP contribution in [0.25, 0.3) is 6.08 Å². The summed E-state index contributed by atoms with van der Waals surface area (Å²) in [6, 6.07) is 7.20. The van der Waals surface area contributed by atoms with Gasteiger partial charge in [-0.25, -0.2) is 0 Å². The van der Waals surface area contributed by atoms with Crippen LogP contribution >= 0.6 is 11.6 Å². The molecule has 1 rings (SSSR count). The monoisotopic (exact) mass is 224 g/mol. The Morgan fingerprint density at radius 3 is 2.53 bits per heavy atom. The summed E-state index contributed by atoms with van der Waals surface area (Å²) in [5, 5.41) is 9.98. The Balaban J connectivity index is 2.84. The van der Waals surface area contributed by atoms with E-state index in [9.17, 15) is 9.90 Å². The maximum atomic E-state index is 11.4. The molecule has 0 radical (unpaired) electrons. The fourth-order valence-corrected chi connectivity index (χ4v) is 1.18. The zero-order chi connectivity index (χ0) is 11.5. The molecular weight excluding hydrogens is 212 g/mol. The highest BCUT2D eigenvalue weighted by atomic mass is 35.5. The van der Waals surface area contributed by atoms with Crippen molar-refractivity contribution in [2.75, 3.05) is 0 Å². The molecule has 0 fully saturated rings. The molecule has 1 aromatic rings. The highest BCUT2D eigenvalue weighted by Crippen LogP contribution is 2.16. The van der Waals surface area contributed by atoms with E-state index in [2.05, 4.69) is 0 Å². The second-order valence-corrected chi connectivity index (χ2v) is 4.19. The van der Waals surface area contributed by atoms with Gasteiger partial charge in [-0.15, -0.1) is 0 Å². The fraction of sp³-hybridized carbons (Fsp3) is 0.250. The molecule has 0 bridgehead atoms. The van der Waals surface area contributed by atoms with E-state index >= 15 is 0 Å². The number of halogens is 1. The van der Waals surface area contributed by atoms with Crippen molar-refractivity contribution in [3.05, 3.63) is 40.9 Å². The molecule has 0 aromatic heterocycles. The molecule has 2 nitrogen and oxygen atoms in total. The highest BCUT2D eigenvalue weighted by Gasteiger charge is 2.20. The summed E-state index contributed by atoms with van der Waals surface area (Å²) < 4.78 is 0. The van der Waals surface area contributed by atoms with Crippen LogP contribution in [0.2, 0.25) is 5.02 Å². The van der Waals surface area contributed by atoms with Crippen molar-refractivity contribution in [2.24, 2.45) is 0 Å². The van der Waals surface area contributed by atoms with Crippen molar-refractivity contribution in [2.45, 2.75) is 19.4 Å². The van der Waals surface area contributed by atoms with E-state index in [4.69, 9.17) is 11.6 Å². The van der Waals surface area contributed by atoms with Gasteiger partial charge < -0.3 is 5.11 Å². The van der Waals surface area contributed by atoms with E-state index in [1.54, 1.807) is 18.2 Å². The Bertz CT molecular complexity index is 389. The Hall–Kier alpha value is -1.12. The molecule has 0 atom stereocenters. The van der Waals surface area contributed by atoms with Crippen LogP contribution in [0.15, 0.2) is 30.3 Å². The standard InChI is InChI=1S/C12H13ClO2/c1-12(2,15)11(14)8-7-9-5-3-4-6-10(9)13/h3-8,15H,1-2H3/b8-7+. The Morgan fingerprint density at radius 2 is 2.00 bits per heavy atom. The maximum absolute atomic E-state index is 11.4. The van der Waals surface area contributed by atoms with Gasteiger partial charge in [-0.3, -0.25) is 4.79 Å². The molecule has 80 valence electrons. The lowest BCUT2D eigenvalue weighted by Crippen LogP contribution is -2.29. The van der Waals surface area contributed by atoms with Gasteiger partial charge in [-0.2, -0.15) is 0 Å². The summed E-state index contributed by atoms with van der Waals surface area (Å²) in [6.45, 7) is 2.90. The molecule has 0 amide bonds. The zero-order valence-electron chi connectivity index (χ0n) is 8.70. The van der Waals surface area contributed by atoms with Crippen LogP contribution in [0, 0.1) is 0 Å². The van der Waals surface area contributed by atoms with Gasteiger partial charge in [0.1, 0.15) is 5.60 Å². The molecule has 1 N–H and O–H groups in total. The number of aliphatic hydroxyl groups is 1. The van der Waals surface area contributed by atoms with Crippen molar-refractivity contribution < 1.29 is 9.90 Å². The summed E-state index contributed by atoms with van der Waals surface area (Å²) in [4.78, 5) is 11.4. The fourth-order valence-electron chi connectivity index (χ4n) is 0.980. The topological polar surface area (TPSA) is 37.3 Å². The van der Waals surface area contributed by atoms with E-state index in [1.165, 1.54) is 19.9 Å². The molecule has 0 heterocycles. The number of ketones is 1. The summed E-state index contributed by atoms with van der Waals surface area (Å²) in [7, 11) is 0. The van der Waals surface area contributed by atoms with Crippen LogP contribution in [-0.4, -0.2) is 16.5 Å². The third-order valence-corrected chi connectivity index (χ3v) is 2.27. The smallest absolute Gasteiger partial charge is 0.186 e. The van der Waals surface area contributed by atoms with Crippen molar-refractivity contribution in [3.8, 4) is 0 Å². The molecule has 15 heavy (non-hydrogen) atoms. The SMILES string of the molecule is CC(C)(O)C(=O)/C=C/c1ccccc1Cl. The number of benzene rings is 1. The molecule has 3 heteroatoms. The predicted octanol–water partition coefficient (Wildman–Crippen LogP) is 2.69. The third-order valence-electron chi connectivity index (χ3n) is 1.92. The predicted molar refractivity (Wildman–Crippen MR) is 61.8 cm³/mol. The average molecular weight is 225 g/mol. The minimum atomic E-state index is -1.34. The molecule has 0 aliphatic carbocycles. The number of carbonyl (C=O) groups excluding carboxylic acids is 1. The normalized spacial score (nSPS) is 12.0. The van der Waals surface area contributed by atoms with Gasteiger partial charge in [0, 0.05) is 5.02 Å². The lowest BCUT2D eigenvalue weighted by molar-refractivity contribution is -0.128. The van der Waals surface area contributed by atoms with E-state index in [1.807, 2.05) is 12.1 Å². The van der Waals surface area contributed by atoms with Gasteiger partial charge in [0.2, 0.25) is 0 Å².